The van der Waals surface area contributed by atoms with E-state index >= 15 is 0 Å². The van der Waals surface area contributed by atoms with Gasteiger partial charge in [-0.1, -0.05) is 30.3 Å². The predicted octanol–water partition coefficient (Wildman–Crippen LogP) is 2.91. The summed E-state index contributed by atoms with van der Waals surface area (Å²) in [5, 5.41) is 0. The summed E-state index contributed by atoms with van der Waals surface area (Å²) in [5.74, 6) is -0.251. The summed E-state index contributed by atoms with van der Waals surface area (Å²) in [7, 11) is 0. The van der Waals surface area contributed by atoms with E-state index in [-0.39, 0.29) is 5.82 Å². The van der Waals surface area contributed by atoms with Crippen molar-refractivity contribution in [3.05, 3.63) is 66.0 Å². The third kappa shape index (κ3) is 4.37. The molecule has 0 fully saturated rings. The van der Waals surface area contributed by atoms with Crippen LogP contribution in [0.1, 0.15) is 10.4 Å². The molecule has 0 radical (unpaired) electrons. The molecule has 2 nitrogen and oxygen atoms in total. The van der Waals surface area contributed by atoms with Crippen LogP contribution in [0.3, 0.4) is 0 Å². The third-order valence-electron chi connectivity index (χ3n) is 1.81. The van der Waals surface area contributed by atoms with Gasteiger partial charge in [0.1, 0.15) is 12.1 Å². The van der Waals surface area contributed by atoms with Gasteiger partial charge in [0.2, 0.25) is 0 Å². The largest absolute Gasteiger partial charge is 0.399 e. The van der Waals surface area contributed by atoms with E-state index in [0.717, 1.165) is 11.8 Å². The maximum Gasteiger partial charge on any atom is 0.150 e. The zero-order valence-electron chi connectivity index (χ0n) is 8.64. The van der Waals surface area contributed by atoms with Crippen LogP contribution in [0.5, 0.6) is 0 Å². The molecule has 0 bridgehead atoms. The van der Waals surface area contributed by atoms with E-state index in [2.05, 4.69) is 0 Å². The van der Waals surface area contributed by atoms with Crippen LogP contribution in [-0.2, 0) is 0 Å². The summed E-state index contributed by atoms with van der Waals surface area (Å²) in [4.78, 5) is 10.0. The van der Waals surface area contributed by atoms with Crippen molar-refractivity contribution in [2.24, 2.45) is 0 Å². The van der Waals surface area contributed by atoms with Crippen molar-refractivity contribution in [3.8, 4) is 0 Å². The van der Waals surface area contributed by atoms with Gasteiger partial charge in [0.15, 0.2) is 0 Å². The Balaban J connectivity index is 0.000000160. The second-order valence-corrected chi connectivity index (χ2v) is 3.08. The van der Waals surface area contributed by atoms with E-state index in [0.29, 0.717) is 5.69 Å². The van der Waals surface area contributed by atoms with Crippen molar-refractivity contribution in [2.45, 2.75) is 0 Å². The zero-order chi connectivity index (χ0) is 11.8. The lowest BCUT2D eigenvalue weighted by molar-refractivity contribution is 0.112. The topological polar surface area (TPSA) is 43.1 Å². The molecule has 2 aromatic rings. The Morgan fingerprint density at radius 1 is 0.938 bits per heavy atom. The monoisotopic (exact) mass is 217 g/mol. The van der Waals surface area contributed by atoms with Crippen LogP contribution in [0.2, 0.25) is 0 Å². The minimum Gasteiger partial charge on any atom is -0.399 e. The Morgan fingerprint density at radius 3 is 1.88 bits per heavy atom. The molecule has 2 N–H and O–H groups in total. The number of halogens is 1. The zero-order valence-corrected chi connectivity index (χ0v) is 8.64. The van der Waals surface area contributed by atoms with Gasteiger partial charge in [0.05, 0.1) is 0 Å². The molecule has 0 amide bonds. The smallest absolute Gasteiger partial charge is 0.150 e. The molecule has 3 heteroatoms. The fourth-order valence-electron chi connectivity index (χ4n) is 0.994. The van der Waals surface area contributed by atoms with Crippen molar-refractivity contribution in [1.29, 1.82) is 0 Å². The molecule has 82 valence electrons. The molecule has 2 rings (SSSR count). The highest BCUT2D eigenvalue weighted by Crippen LogP contribution is 2.01. The molecule has 0 atom stereocenters. The highest BCUT2D eigenvalue weighted by atomic mass is 19.1. The van der Waals surface area contributed by atoms with Crippen molar-refractivity contribution in [3.63, 3.8) is 0 Å². The van der Waals surface area contributed by atoms with E-state index in [1.54, 1.807) is 12.1 Å². The first-order valence-electron chi connectivity index (χ1n) is 4.73. The van der Waals surface area contributed by atoms with Crippen LogP contribution in [0.25, 0.3) is 0 Å². The lowest BCUT2D eigenvalue weighted by Gasteiger charge is -1.87. The Morgan fingerprint density at radius 2 is 1.50 bits per heavy atom. The van der Waals surface area contributed by atoms with Crippen LogP contribution in [0, 0.1) is 5.82 Å². The van der Waals surface area contributed by atoms with E-state index in [9.17, 15) is 9.18 Å². The summed E-state index contributed by atoms with van der Waals surface area (Å²) in [6, 6.07) is 14.8. The van der Waals surface area contributed by atoms with E-state index in [4.69, 9.17) is 5.73 Å². The maximum atomic E-state index is 12.0. The summed E-state index contributed by atoms with van der Waals surface area (Å²) >= 11 is 0. The SMILES string of the molecule is Nc1ccc(F)cc1.O=Cc1ccccc1. The molecule has 0 saturated heterocycles. The normalized spacial score (nSPS) is 8.81. The summed E-state index contributed by atoms with van der Waals surface area (Å²) in [6.45, 7) is 0. The molecule has 0 aliphatic carbocycles. The average Bonchev–Trinajstić information content (AvgIpc) is 2.35. The molecule has 0 aromatic heterocycles. The van der Waals surface area contributed by atoms with Crippen molar-refractivity contribution >= 4 is 12.0 Å². The van der Waals surface area contributed by atoms with Gasteiger partial charge in [-0.2, -0.15) is 0 Å². The molecule has 0 saturated carbocycles. The van der Waals surface area contributed by atoms with Gasteiger partial charge in [0.25, 0.3) is 0 Å². The number of rotatable bonds is 1. The number of hydrogen-bond donors (Lipinski definition) is 1. The van der Waals surface area contributed by atoms with Crippen LogP contribution in [-0.4, -0.2) is 6.29 Å². The Labute approximate surface area is 93.5 Å². The molecular weight excluding hydrogens is 205 g/mol. The van der Waals surface area contributed by atoms with Crippen LogP contribution < -0.4 is 5.73 Å². The summed E-state index contributed by atoms with van der Waals surface area (Å²) < 4.78 is 12.0. The van der Waals surface area contributed by atoms with Gasteiger partial charge in [-0.25, -0.2) is 4.39 Å². The Hall–Kier alpha value is -2.16. The first-order valence-corrected chi connectivity index (χ1v) is 4.73. The molecular formula is C13H12FNO. The standard InChI is InChI=1S/C7H6O.C6H6FN/c8-6-7-4-2-1-3-5-7;7-5-1-3-6(8)4-2-5/h1-6H;1-4H,8H2. The maximum absolute atomic E-state index is 12.0. The quantitative estimate of drug-likeness (QED) is 0.589. The van der Waals surface area contributed by atoms with Crippen LogP contribution >= 0.6 is 0 Å². The predicted molar refractivity (Wildman–Crippen MR) is 62.6 cm³/mol. The number of hydrogen-bond acceptors (Lipinski definition) is 2. The number of benzene rings is 2. The molecule has 16 heavy (non-hydrogen) atoms. The molecule has 0 unspecified atom stereocenters. The van der Waals surface area contributed by atoms with Gasteiger partial charge in [-0.3, -0.25) is 4.79 Å². The number of aldehydes is 1. The van der Waals surface area contributed by atoms with Crippen molar-refractivity contribution in [2.75, 3.05) is 5.73 Å². The lowest BCUT2D eigenvalue weighted by atomic mass is 10.2. The summed E-state index contributed by atoms with van der Waals surface area (Å²) in [5.41, 5.74) is 6.58. The van der Waals surface area contributed by atoms with Gasteiger partial charge < -0.3 is 5.73 Å². The Bertz CT molecular complexity index is 404. The molecule has 0 aliphatic rings. The van der Waals surface area contributed by atoms with Gasteiger partial charge in [-0.05, 0) is 24.3 Å². The molecule has 2 aromatic carbocycles. The minimum atomic E-state index is -0.251. The number of anilines is 1. The number of nitrogen functional groups attached to an aromatic ring is 1. The van der Waals surface area contributed by atoms with Crippen LogP contribution in [0.4, 0.5) is 10.1 Å². The average molecular weight is 217 g/mol. The van der Waals surface area contributed by atoms with Gasteiger partial charge in [0, 0.05) is 11.3 Å². The minimum absolute atomic E-state index is 0.251. The molecule has 0 spiro atoms. The van der Waals surface area contributed by atoms with E-state index in [1.165, 1.54) is 24.3 Å². The number of carbonyl (C=O) groups excluding carboxylic acids is 1. The van der Waals surface area contributed by atoms with E-state index < -0.39 is 0 Å². The van der Waals surface area contributed by atoms with E-state index in [1.807, 2.05) is 18.2 Å². The van der Waals surface area contributed by atoms with Crippen LogP contribution in [0.15, 0.2) is 54.6 Å². The first kappa shape index (κ1) is 11.9. The van der Waals surface area contributed by atoms with Crippen molar-refractivity contribution < 1.29 is 9.18 Å². The fourth-order valence-corrected chi connectivity index (χ4v) is 0.994. The second-order valence-electron chi connectivity index (χ2n) is 3.08. The molecule has 0 heterocycles. The van der Waals surface area contributed by atoms with Gasteiger partial charge in [-0.15, -0.1) is 0 Å². The second kappa shape index (κ2) is 6.35. The Kier molecular flexibility index (Phi) is 4.73. The van der Waals surface area contributed by atoms with Crippen molar-refractivity contribution in [1.82, 2.24) is 0 Å². The number of carbonyl (C=O) groups is 1. The van der Waals surface area contributed by atoms with Gasteiger partial charge >= 0.3 is 0 Å². The first-order chi connectivity index (χ1) is 7.72. The summed E-state index contributed by atoms with van der Waals surface area (Å²) in [6.07, 6.45) is 0.833. The fraction of sp³-hybridized carbons (Fsp3) is 0. The lowest BCUT2D eigenvalue weighted by Crippen LogP contribution is -1.82. The molecule has 0 aliphatic heterocycles. The highest BCUT2D eigenvalue weighted by Gasteiger charge is 1.84. The third-order valence-corrected chi connectivity index (χ3v) is 1.81. The number of nitrogens with two attached hydrogens (primary N) is 1. The highest BCUT2D eigenvalue weighted by molar-refractivity contribution is 5.74.